The Hall–Kier alpha value is -0.810. The van der Waals surface area contributed by atoms with Crippen molar-refractivity contribution < 1.29 is 17.6 Å². The van der Waals surface area contributed by atoms with Crippen molar-refractivity contribution in [3.05, 3.63) is 34.9 Å². The van der Waals surface area contributed by atoms with Gasteiger partial charge in [0.1, 0.15) is 0 Å². The molecular formula is C9H10ClF4N. The average molecular weight is 244 g/mol. The second kappa shape index (κ2) is 5.32. The maximum Gasteiger partial charge on any atom is 0.166 e. The zero-order chi connectivity index (χ0) is 10.9. The Morgan fingerprint density at radius 2 is 1.53 bits per heavy atom. The quantitative estimate of drug-likeness (QED) is 0.627. The highest BCUT2D eigenvalue weighted by Gasteiger charge is 2.22. The fraction of sp³-hybridized carbons (Fsp3) is 0.333. The molecule has 0 heterocycles. The molecule has 86 valence electrons. The molecule has 1 aromatic carbocycles. The standard InChI is InChI=1S/C9H9F4N.ClH/c1-2-6(14)7-8(12)4(10)3-5(11)9(7)13;/h3,6H,2,14H2,1H3;1H/t6-;/m0./s1. The van der Waals surface area contributed by atoms with Gasteiger partial charge in [-0.3, -0.25) is 0 Å². The molecule has 0 saturated heterocycles. The van der Waals surface area contributed by atoms with Gasteiger partial charge in [-0.15, -0.1) is 12.4 Å². The molecule has 0 aliphatic carbocycles. The van der Waals surface area contributed by atoms with Crippen LogP contribution in [-0.4, -0.2) is 0 Å². The van der Waals surface area contributed by atoms with Crippen LogP contribution in [-0.2, 0) is 0 Å². The van der Waals surface area contributed by atoms with Crippen LogP contribution in [0.4, 0.5) is 17.6 Å². The summed E-state index contributed by atoms with van der Waals surface area (Å²) in [6, 6.07) is -0.878. The molecule has 0 bridgehead atoms. The average Bonchev–Trinajstić information content (AvgIpc) is 2.15. The molecular weight excluding hydrogens is 234 g/mol. The van der Waals surface area contributed by atoms with Crippen LogP contribution in [0.25, 0.3) is 0 Å². The third-order valence-corrected chi connectivity index (χ3v) is 1.96. The fourth-order valence-corrected chi connectivity index (χ4v) is 1.12. The van der Waals surface area contributed by atoms with Gasteiger partial charge in [0, 0.05) is 17.7 Å². The highest BCUT2D eigenvalue weighted by atomic mass is 35.5. The van der Waals surface area contributed by atoms with Gasteiger partial charge >= 0.3 is 0 Å². The van der Waals surface area contributed by atoms with Gasteiger partial charge in [0.05, 0.1) is 0 Å². The summed E-state index contributed by atoms with van der Waals surface area (Å²) in [7, 11) is 0. The van der Waals surface area contributed by atoms with E-state index in [2.05, 4.69) is 0 Å². The lowest BCUT2D eigenvalue weighted by Gasteiger charge is -2.12. The summed E-state index contributed by atoms with van der Waals surface area (Å²) in [5.74, 6) is -5.69. The second-order valence-corrected chi connectivity index (χ2v) is 2.90. The van der Waals surface area contributed by atoms with Crippen LogP contribution >= 0.6 is 12.4 Å². The lowest BCUT2D eigenvalue weighted by atomic mass is 10.0. The number of halogens is 5. The van der Waals surface area contributed by atoms with Crippen molar-refractivity contribution in [2.45, 2.75) is 19.4 Å². The monoisotopic (exact) mass is 243 g/mol. The van der Waals surface area contributed by atoms with Crippen LogP contribution in [0.5, 0.6) is 0 Å². The van der Waals surface area contributed by atoms with E-state index >= 15 is 0 Å². The van der Waals surface area contributed by atoms with Crippen LogP contribution in [0.2, 0.25) is 0 Å². The molecule has 0 radical (unpaired) electrons. The van der Waals surface area contributed by atoms with Crippen molar-refractivity contribution in [3.8, 4) is 0 Å². The number of nitrogens with two attached hydrogens (primary N) is 1. The molecule has 0 saturated carbocycles. The Bertz CT molecular complexity index is 330. The normalized spacial score (nSPS) is 12.1. The molecule has 0 amide bonds. The van der Waals surface area contributed by atoms with Crippen LogP contribution in [0.1, 0.15) is 24.9 Å². The highest BCUT2D eigenvalue weighted by Crippen LogP contribution is 2.25. The minimum atomic E-state index is -1.43. The van der Waals surface area contributed by atoms with Crippen molar-refractivity contribution in [1.29, 1.82) is 0 Å². The van der Waals surface area contributed by atoms with Crippen molar-refractivity contribution in [2.75, 3.05) is 0 Å². The zero-order valence-electron chi connectivity index (χ0n) is 7.86. The summed E-state index contributed by atoms with van der Waals surface area (Å²) in [4.78, 5) is 0. The largest absolute Gasteiger partial charge is 0.324 e. The molecule has 0 unspecified atom stereocenters. The Kier molecular flexibility index (Phi) is 5.03. The van der Waals surface area contributed by atoms with Gasteiger partial charge in [-0.25, -0.2) is 17.6 Å². The fourth-order valence-electron chi connectivity index (χ4n) is 1.12. The maximum absolute atomic E-state index is 13.0. The van der Waals surface area contributed by atoms with Crippen LogP contribution in [0, 0.1) is 23.3 Å². The van der Waals surface area contributed by atoms with Gasteiger partial charge < -0.3 is 5.73 Å². The predicted octanol–water partition coefficient (Wildman–Crippen LogP) is 3.07. The second-order valence-electron chi connectivity index (χ2n) is 2.90. The van der Waals surface area contributed by atoms with Crippen LogP contribution in [0.3, 0.4) is 0 Å². The molecule has 15 heavy (non-hydrogen) atoms. The molecule has 2 N–H and O–H groups in total. The third-order valence-electron chi connectivity index (χ3n) is 1.96. The maximum atomic E-state index is 13.0. The summed E-state index contributed by atoms with van der Waals surface area (Å²) in [6.45, 7) is 1.56. The molecule has 0 fully saturated rings. The first-order valence-electron chi connectivity index (χ1n) is 4.07. The Morgan fingerprint density at radius 1 is 1.13 bits per heavy atom. The van der Waals surface area contributed by atoms with Crippen molar-refractivity contribution in [3.63, 3.8) is 0 Å². The summed E-state index contributed by atoms with van der Waals surface area (Å²) in [5.41, 5.74) is 4.59. The van der Waals surface area contributed by atoms with Crippen molar-refractivity contribution >= 4 is 12.4 Å². The zero-order valence-corrected chi connectivity index (χ0v) is 8.68. The Labute approximate surface area is 90.7 Å². The smallest absolute Gasteiger partial charge is 0.166 e. The first kappa shape index (κ1) is 14.2. The van der Waals surface area contributed by atoms with Gasteiger partial charge in [-0.05, 0) is 6.42 Å². The lowest BCUT2D eigenvalue weighted by molar-refractivity contribution is 0.425. The third kappa shape index (κ3) is 2.60. The van der Waals surface area contributed by atoms with E-state index in [0.29, 0.717) is 0 Å². The summed E-state index contributed by atoms with van der Waals surface area (Å²) >= 11 is 0. The molecule has 1 nitrogen and oxygen atoms in total. The summed E-state index contributed by atoms with van der Waals surface area (Å²) < 4.78 is 51.4. The summed E-state index contributed by atoms with van der Waals surface area (Å²) in [6.07, 6.45) is 0.191. The van der Waals surface area contributed by atoms with Crippen molar-refractivity contribution in [2.24, 2.45) is 5.73 Å². The molecule has 0 aliphatic heterocycles. The van der Waals surface area contributed by atoms with E-state index in [1.54, 1.807) is 6.92 Å². The highest BCUT2D eigenvalue weighted by molar-refractivity contribution is 5.85. The van der Waals surface area contributed by atoms with Gasteiger partial charge in [-0.2, -0.15) is 0 Å². The molecule has 6 heteroatoms. The lowest BCUT2D eigenvalue weighted by Crippen LogP contribution is -2.15. The first-order valence-corrected chi connectivity index (χ1v) is 4.07. The SMILES string of the molecule is CC[C@H](N)c1c(F)c(F)cc(F)c1F.Cl. The van der Waals surface area contributed by atoms with E-state index in [0.717, 1.165) is 0 Å². The molecule has 1 rings (SSSR count). The predicted molar refractivity (Wildman–Crippen MR) is 50.7 cm³/mol. The number of hydrogen-bond donors (Lipinski definition) is 1. The van der Waals surface area contributed by atoms with Crippen LogP contribution in [0.15, 0.2) is 6.07 Å². The van der Waals surface area contributed by atoms with Crippen molar-refractivity contribution in [1.82, 2.24) is 0 Å². The van der Waals surface area contributed by atoms with E-state index in [9.17, 15) is 17.6 Å². The molecule has 1 aromatic rings. The minimum absolute atomic E-state index is 0. The van der Waals surface area contributed by atoms with Gasteiger partial charge in [0.2, 0.25) is 0 Å². The van der Waals surface area contributed by atoms with Gasteiger partial charge in [0.15, 0.2) is 23.3 Å². The van der Waals surface area contributed by atoms with E-state index in [4.69, 9.17) is 5.73 Å². The van der Waals surface area contributed by atoms with Gasteiger partial charge in [0.25, 0.3) is 0 Å². The molecule has 0 aliphatic rings. The Balaban J connectivity index is 0.00000196. The van der Waals surface area contributed by atoms with E-state index in [1.165, 1.54) is 0 Å². The molecule has 0 aromatic heterocycles. The minimum Gasteiger partial charge on any atom is -0.324 e. The molecule has 0 spiro atoms. The topological polar surface area (TPSA) is 26.0 Å². The van der Waals surface area contributed by atoms with E-state index in [1.807, 2.05) is 0 Å². The molecule has 1 atom stereocenters. The van der Waals surface area contributed by atoms with Gasteiger partial charge in [-0.1, -0.05) is 6.92 Å². The van der Waals surface area contributed by atoms with E-state index < -0.39 is 34.9 Å². The van der Waals surface area contributed by atoms with Crippen LogP contribution < -0.4 is 5.73 Å². The first-order chi connectivity index (χ1) is 6.49. The summed E-state index contributed by atoms with van der Waals surface area (Å²) in [5, 5.41) is 0. The number of hydrogen-bond acceptors (Lipinski definition) is 1. The number of rotatable bonds is 2. The Morgan fingerprint density at radius 3 is 1.87 bits per heavy atom. The number of benzene rings is 1. The van der Waals surface area contributed by atoms with E-state index in [-0.39, 0.29) is 24.9 Å².